The molecule has 3 rings (SSSR count). The van der Waals surface area contributed by atoms with Gasteiger partial charge in [-0.15, -0.1) is 0 Å². The summed E-state index contributed by atoms with van der Waals surface area (Å²) in [5, 5.41) is 0.795. The van der Waals surface area contributed by atoms with Gasteiger partial charge in [0.15, 0.2) is 0 Å². The van der Waals surface area contributed by atoms with E-state index in [0.29, 0.717) is 5.52 Å². The molecular formula is C15H13IN2O3S. The number of hydrogen-bond donors (Lipinski definition) is 0. The van der Waals surface area contributed by atoms with Gasteiger partial charge in [-0.1, -0.05) is 17.7 Å². The largest absolute Gasteiger partial charge is 0.479 e. The van der Waals surface area contributed by atoms with Crippen LogP contribution in [0.25, 0.3) is 10.9 Å². The van der Waals surface area contributed by atoms with Crippen LogP contribution in [0.5, 0.6) is 5.88 Å². The van der Waals surface area contributed by atoms with Gasteiger partial charge in [0.2, 0.25) is 5.88 Å². The van der Waals surface area contributed by atoms with Crippen molar-refractivity contribution >= 4 is 43.5 Å². The minimum absolute atomic E-state index is 0.233. The Kier molecular flexibility index (Phi) is 3.85. The molecule has 0 N–H and O–H groups in total. The average molecular weight is 428 g/mol. The highest BCUT2D eigenvalue weighted by molar-refractivity contribution is 14.1. The van der Waals surface area contributed by atoms with Crippen molar-refractivity contribution in [3.63, 3.8) is 0 Å². The van der Waals surface area contributed by atoms with Crippen LogP contribution < -0.4 is 4.74 Å². The number of ether oxygens (including phenoxy) is 1. The summed E-state index contributed by atoms with van der Waals surface area (Å²) in [7, 11) is -2.22. The molecule has 0 aliphatic rings. The SMILES string of the molecule is COc1ncc(I)c2ccn(S(=O)(=O)c3ccc(C)cc3)c12. The van der Waals surface area contributed by atoms with Crippen LogP contribution in [0, 0.1) is 10.5 Å². The lowest BCUT2D eigenvalue weighted by molar-refractivity contribution is 0.402. The molecule has 0 fully saturated rings. The normalized spacial score (nSPS) is 11.8. The number of aryl methyl sites for hydroxylation is 1. The summed E-state index contributed by atoms with van der Waals surface area (Å²) in [5.74, 6) is 0.288. The number of rotatable bonds is 3. The van der Waals surface area contributed by atoms with Crippen LogP contribution in [0.4, 0.5) is 0 Å². The molecule has 114 valence electrons. The molecule has 0 atom stereocenters. The molecular weight excluding hydrogens is 415 g/mol. The minimum atomic E-state index is -3.70. The maximum Gasteiger partial charge on any atom is 0.268 e. The molecule has 2 heterocycles. The summed E-state index contributed by atoms with van der Waals surface area (Å²) < 4.78 is 33.1. The van der Waals surface area contributed by atoms with E-state index in [4.69, 9.17) is 4.74 Å². The van der Waals surface area contributed by atoms with E-state index in [2.05, 4.69) is 27.6 Å². The van der Waals surface area contributed by atoms with E-state index in [1.165, 1.54) is 17.3 Å². The van der Waals surface area contributed by atoms with E-state index in [1.54, 1.807) is 36.5 Å². The molecule has 5 nitrogen and oxygen atoms in total. The Hall–Kier alpha value is -1.61. The lowest BCUT2D eigenvalue weighted by atomic mass is 10.2. The van der Waals surface area contributed by atoms with Crippen molar-refractivity contribution in [2.45, 2.75) is 11.8 Å². The number of hydrogen-bond acceptors (Lipinski definition) is 4. The van der Waals surface area contributed by atoms with E-state index in [1.807, 2.05) is 6.92 Å². The molecule has 0 amide bonds. The highest BCUT2D eigenvalue weighted by Gasteiger charge is 2.22. The van der Waals surface area contributed by atoms with Crippen LogP contribution in [0.15, 0.2) is 47.6 Å². The average Bonchev–Trinajstić information content (AvgIpc) is 2.95. The minimum Gasteiger partial charge on any atom is -0.479 e. The van der Waals surface area contributed by atoms with Gasteiger partial charge < -0.3 is 4.74 Å². The maximum absolute atomic E-state index is 12.9. The van der Waals surface area contributed by atoms with Gasteiger partial charge in [-0.2, -0.15) is 0 Å². The quantitative estimate of drug-likeness (QED) is 0.602. The fourth-order valence-electron chi connectivity index (χ4n) is 2.24. The fourth-order valence-corrected chi connectivity index (χ4v) is 4.16. The lowest BCUT2D eigenvalue weighted by Gasteiger charge is -2.10. The predicted octanol–water partition coefficient (Wildman–Crippen LogP) is 3.19. The first-order chi connectivity index (χ1) is 10.4. The Bertz CT molecular complexity index is 947. The molecule has 0 bridgehead atoms. The summed E-state index contributed by atoms with van der Waals surface area (Å²) in [4.78, 5) is 4.40. The number of methoxy groups -OCH3 is 1. The van der Waals surface area contributed by atoms with Crippen LogP contribution >= 0.6 is 22.6 Å². The van der Waals surface area contributed by atoms with Crippen molar-refractivity contribution in [1.29, 1.82) is 0 Å². The Labute approximate surface area is 142 Å². The third-order valence-corrected chi connectivity index (χ3v) is 5.93. The molecule has 0 spiro atoms. The van der Waals surface area contributed by atoms with Gasteiger partial charge in [-0.05, 0) is 47.7 Å². The van der Waals surface area contributed by atoms with Crippen molar-refractivity contribution in [2.24, 2.45) is 0 Å². The second-order valence-corrected chi connectivity index (χ2v) is 7.78. The third kappa shape index (κ3) is 2.38. The second-order valence-electron chi connectivity index (χ2n) is 4.81. The summed E-state index contributed by atoms with van der Waals surface area (Å²) in [6.07, 6.45) is 3.19. The first-order valence-electron chi connectivity index (χ1n) is 6.47. The van der Waals surface area contributed by atoms with Crippen molar-refractivity contribution in [2.75, 3.05) is 7.11 Å². The second kappa shape index (κ2) is 5.54. The molecule has 1 aromatic carbocycles. The Morgan fingerprint density at radius 2 is 1.86 bits per heavy atom. The predicted molar refractivity (Wildman–Crippen MR) is 92.8 cm³/mol. The van der Waals surface area contributed by atoms with E-state index in [0.717, 1.165) is 14.5 Å². The van der Waals surface area contributed by atoms with Gasteiger partial charge in [0.05, 0.1) is 12.0 Å². The van der Waals surface area contributed by atoms with E-state index < -0.39 is 10.0 Å². The molecule has 0 saturated carbocycles. The van der Waals surface area contributed by atoms with Crippen LogP contribution in [-0.4, -0.2) is 24.5 Å². The number of pyridine rings is 1. The van der Waals surface area contributed by atoms with E-state index >= 15 is 0 Å². The van der Waals surface area contributed by atoms with Gasteiger partial charge in [0.1, 0.15) is 5.52 Å². The van der Waals surface area contributed by atoms with Gasteiger partial charge in [-0.25, -0.2) is 17.4 Å². The Morgan fingerprint density at radius 3 is 2.50 bits per heavy atom. The maximum atomic E-state index is 12.9. The molecule has 0 unspecified atom stereocenters. The first kappa shape index (κ1) is 15.3. The van der Waals surface area contributed by atoms with Crippen molar-refractivity contribution in [3.8, 4) is 5.88 Å². The van der Waals surface area contributed by atoms with Gasteiger partial charge in [-0.3, -0.25) is 0 Å². The molecule has 0 radical (unpaired) electrons. The van der Waals surface area contributed by atoms with Crippen LogP contribution in [0.2, 0.25) is 0 Å². The van der Waals surface area contributed by atoms with E-state index in [9.17, 15) is 8.42 Å². The number of aromatic nitrogens is 2. The summed E-state index contributed by atoms with van der Waals surface area (Å²) in [5.41, 5.74) is 1.46. The lowest BCUT2D eigenvalue weighted by Crippen LogP contribution is -2.12. The Morgan fingerprint density at radius 1 is 1.18 bits per heavy atom. The van der Waals surface area contributed by atoms with Gasteiger partial charge >= 0.3 is 0 Å². The highest BCUT2D eigenvalue weighted by Crippen LogP contribution is 2.31. The molecule has 7 heteroatoms. The van der Waals surface area contributed by atoms with Crippen LogP contribution in [0.3, 0.4) is 0 Å². The summed E-state index contributed by atoms with van der Waals surface area (Å²) in [6, 6.07) is 8.51. The number of benzene rings is 1. The standard InChI is InChI=1S/C15H13IN2O3S/c1-10-3-5-11(6-4-10)22(19,20)18-8-7-12-13(16)9-17-15(21-2)14(12)18/h3-9H,1-2H3. The number of fused-ring (bicyclic) bond motifs is 1. The van der Waals surface area contributed by atoms with Crippen LogP contribution in [-0.2, 0) is 10.0 Å². The molecule has 0 aliphatic carbocycles. The van der Waals surface area contributed by atoms with Crippen molar-refractivity contribution in [3.05, 3.63) is 51.9 Å². The number of halogens is 1. The molecule has 0 aliphatic heterocycles. The molecule has 3 aromatic rings. The molecule has 2 aromatic heterocycles. The molecule has 0 saturated heterocycles. The van der Waals surface area contributed by atoms with E-state index in [-0.39, 0.29) is 10.8 Å². The van der Waals surface area contributed by atoms with Gasteiger partial charge in [0, 0.05) is 21.4 Å². The van der Waals surface area contributed by atoms with Gasteiger partial charge in [0.25, 0.3) is 10.0 Å². The Balaban J connectivity index is 2.30. The first-order valence-corrected chi connectivity index (χ1v) is 8.99. The zero-order valence-corrected chi connectivity index (χ0v) is 14.9. The van der Waals surface area contributed by atoms with Crippen molar-refractivity contribution in [1.82, 2.24) is 8.96 Å². The molecule has 22 heavy (non-hydrogen) atoms. The van der Waals surface area contributed by atoms with Crippen molar-refractivity contribution < 1.29 is 13.2 Å². The summed E-state index contributed by atoms with van der Waals surface area (Å²) >= 11 is 2.13. The smallest absolute Gasteiger partial charge is 0.268 e. The third-order valence-electron chi connectivity index (χ3n) is 3.38. The highest BCUT2D eigenvalue weighted by atomic mass is 127. The summed E-state index contributed by atoms with van der Waals surface area (Å²) in [6.45, 7) is 1.91. The monoisotopic (exact) mass is 428 g/mol. The van der Waals surface area contributed by atoms with Crippen LogP contribution in [0.1, 0.15) is 5.56 Å². The zero-order chi connectivity index (χ0) is 15.9. The topological polar surface area (TPSA) is 61.2 Å². The fraction of sp³-hybridized carbons (Fsp3) is 0.133. The zero-order valence-electron chi connectivity index (χ0n) is 11.9. The number of nitrogens with zero attached hydrogens (tertiary/aromatic N) is 2.